The number of anilines is 2. The minimum absolute atomic E-state index is 0.205. The molecule has 0 aliphatic carbocycles. The maximum Gasteiger partial charge on any atom is 0.173 e. The van der Waals surface area contributed by atoms with E-state index in [9.17, 15) is 0 Å². The van der Waals surface area contributed by atoms with Crippen molar-refractivity contribution in [2.45, 2.75) is 19.1 Å². The lowest BCUT2D eigenvalue weighted by atomic mass is 10.2. The van der Waals surface area contributed by atoms with E-state index in [0.29, 0.717) is 6.54 Å². The third-order valence-corrected chi connectivity index (χ3v) is 3.34. The van der Waals surface area contributed by atoms with Crippen molar-refractivity contribution in [1.29, 1.82) is 0 Å². The van der Waals surface area contributed by atoms with Crippen LogP contribution in [0.15, 0.2) is 24.3 Å². The third kappa shape index (κ3) is 3.37. The van der Waals surface area contributed by atoms with Crippen molar-refractivity contribution in [3.05, 3.63) is 24.3 Å². The van der Waals surface area contributed by atoms with E-state index in [1.807, 2.05) is 0 Å². The molecule has 1 aliphatic heterocycles. The van der Waals surface area contributed by atoms with Gasteiger partial charge in [-0.3, -0.25) is 0 Å². The van der Waals surface area contributed by atoms with Crippen LogP contribution >= 0.6 is 0 Å². The van der Waals surface area contributed by atoms with Crippen molar-refractivity contribution in [3.63, 3.8) is 0 Å². The fourth-order valence-corrected chi connectivity index (χ4v) is 2.23. The van der Waals surface area contributed by atoms with Gasteiger partial charge in [0, 0.05) is 38.7 Å². The average molecular weight is 250 g/mol. The van der Waals surface area contributed by atoms with E-state index >= 15 is 0 Å². The second kappa shape index (κ2) is 6.61. The molecular formula is C14H22N2O2. The van der Waals surface area contributed by atoms with Gasteiger partial charge in [0.1, 0.15) is 0 Å². The Morgan fingerprint density at radius 1 is 1.11 bits per heavy atom. The summed E-state index contributed by atoms with van der Waals surface area (Å²) in [6.45, 7) is 3.01. The standard InChI is InChI=1S/C14H22N2O2/c1-17-14(18-2)11-15-12-5-7-13(8-6-12)16-9-3-4-10-16/h5-8,14-15H,3-4,9-11H2,1-2H3. The predicted octanol–water partition coefficient (Wildman–Crippen LogP) is 2.32. The number of ether oxygens (including phenoxy) is 2. The molecular weight excluding hydrogens is 228 g/mol. The number of nitrogens with one attached hydrogen (secondary N) is 1. The van der Waals surface area contributed by atoms with Gasteiger partial charge < -0.3 is 19.7 Å². The zero-order valence-corrected chi connectivity index (χ0v) is 11.2. The van der Waals surface area contributed by atoms with Crippen LogP contribution < -0.4 is 10.2 Å². The van der Waals surface area contributed by atoms with E-state index in [2.05, 4.69) is 34.5 Å². The fourth-order valence-electron chi connectivity index (χ4n) is 2.23. The smallest absolute Gasteiger partial charge is 0.173 e. The molecule has 1 saturated heterocycles. The van der Waals surface area contributed by atoms with Crippen LogP contribution in [0.1, 0.15) is 12.8 Å². The Hall–Kier alpha value is -1.26. The molecule has 0 unspecified atom stereocenters. The summed E-state index contributed by atoms with van der Waals surface area (Å²) in [5.41, 5.74) is 2.41. The largest absolute Gasteiger partial charge is 0.380 e. The molecule has 0 amide bonds. The highest BCUT2D eigenvalue weighted by Crippen LogP contribution is 2.21. The lowest BCUT2D eigenvalue weighted by Crippen LogP contribution is -2.23. The second-order valence-corrected chi connectivity index (χ2v) is 4.52. The van der Waals surface area contributed by atoms with Crippen molar-refractivity contribution in [1.82, 2.24) is 0 Å². The molecule has 2 rings (SSSR count). The number of methoxy groups -OCH3 is 2. The van der Waals surface area contributed by atoms with Gasteiger partial charge in [-0.05, 0) is 37.1 Å². The van der Waals surface area contributed by atoms with Crippen molar-refractivity contribution < 1.29 is 9.47 Å². The van der Waals surface area contributed by atoms with Gasteiger partial charge in [-0.15, -0.1) is 0 Å². The molecule has 0 spiro atoms. The zero-order chi connectivity index (χ0) is 12.8. The van der Waals surface area contributed by atoms with Crippen LogP contribution in [0.5, 0.6) is 0 Å². The van der Waals surface area contributed by atoms with E-state index in [1.165, 1.54) is 31.6 Å². The van der Waals surface area contributed by atoms with Crippen LogP contribution in [0.2, 0.25) is 0 Å². The number of hydrogen-bond acceptors (Lipinski definition) is 4. The minimum atomic E-state index is -0.205. The molecule has 0 atom stereocenters. The van der Waals surface area contributed by atoms with E-state index in [4.69, 9.17) is 9.47 Å². The maximum atomic E-state index is 5.13. The van der Waals surface area contributed by atoms with Crippen LogP contribution in [0.4, 0.5) is 11.4 Å². The van der Waals surface area contributed by atoms with Crippen LogP contribution in [0, 0.1) is 0 Å². The normalized spacial score (nSPS) is 15.4. The highest BCUT2D eigenvalue weighted by molar-refractivity contribution is 5.55. The Morgan fingerprint density at radius 2 is 1.72 bits per heavy atom. The third-order valence-electron chi connectivity index (χ3n) is 3.34. The number of benzene rings is 1. The molecule has 1 aromatic rings. The summed E-state index contributed by atoms with van der Waals surface area (Å²) in [4.78, 5) is 2.43. The van der Waals surface area contributed by atoms with Gasteiger partial charge in [0.15, 0.2) is 6.29 Å². The highest BCUT2D eigenvalue weighted by atomic mass is 16.7. The molecule has 4 nitrogen and oxygen atoms in total. The second-order valence-electron chi connectivity index (χ2n) is 4.52. The molecule has 1 N–H and O–H groups in total. The molecule has 1 heterocycles. The first-order valence-electron chi connectivity index (χ1n) is 6.48. The van der Waals surface area contributed by atoms with Crippen LogP contribution in [-0.4, -0.2) is 40.1 Å². The van der Waals surface area contributed by atoms with Gasteiger partial charge in [0.2, 0.25) is 0 Å². The van der Waals surface area contributed by atoms with E-state index < -0.39 is 0 Å². The lowest BCUT2D eigenvalue weighted by Gasteiger charge is -2.19. The van der Waals surface area contributed by atoms with Crippen molar-refractivity contribution in [2.75, 3.05) is 44.1 Å². The lowest BCUT2D eigenvalue weighted by molar-refractivity contribution is -0.0914. The summed E-state index contributed by atoms with van der Waals surface area (Å²) in [5, 5.41) is 3.30. The predicted molar refractivity (Wildman–Crippen MR) is 74.2 cm³/mol. The van der Waals surface area contributed by atoms with Crippen LogP contribution in [-0.2, 0) is 9.47 Å². The molecule has 100 valence electrons. The quantitative estimate of drug-likeness (QED) is 0.786. The van der Waals surface area contributed by atoms with E-state index in [0.717, 1.165) is 5.69 Å². The first-order valence-corrected chi connectivity index (χ1v) is 6.48. The molecule has 0 aromatic heterocycles. The Balaban J connectivity index is 1.87. The molecule has 1 fully saturated rings. The number of hydrogen-bond donors (Lipinski definition) is 1. The van der Waals surface area contributed by atoms with Gasteiger partial charge in [-0.25, -0.2) is 0 Å². The summed E-state index contributed by atoms with van der Waals surface area (Å²) in [5.74, 6) is 0. The van der Waals surface area contributed by atoms with Gasteiger partial charge in [0.25, 0.3) is 0 Å². The van der Waals surface area contributed by atoms with E-state index in [1.54, 1.807) is 14.2 Å². The van der Waals surface area contributed by atoms with Gasteiger partial charge in [-0.2, -0.15) is 0 Å². The van der Waals surface area contributed by atoms with Gasteiger partial charge in [0.05, 0.1) is 6.54 Å². The summed E-state index contributed by atoms with van der Waals surface area (Å²) in [6.07, 6.45) is 2.41. The first-order chi connectivity index (χ1) is 8.83. The van der Waals surface area contributed by atoms with Crippen molar-refractivity contribution in [2.24, 2.45) is 0 Å². The van der Waals surface area contributed by atoms with Crippen molar-refractivity contribution in [3.8, 4) is 0 Å². The first kappa shape index (κ1) is 13.2. The Bertz CT molecular complexity index is 343. The molecule has 0 saturated carbocycles. The van der Waals surface area contributed by atoms with Crippen LogP contribution in [0.25, 0.3) is 0 Å². The Morgan fingerprint density at radius 3 is 2.28 bits per heavy atom. The minimum Gasteiger partial charge on any atom is -0.380 e. The fraction of sp³-hybridized carbons (Fsp3) is 0.571. The number of nitrogens with zero attached hydrogens (tertiary/aromatic N) is 1. The van der Waals surface area contributed by atoms with Crippen LogP contribution in [0.3, 0.4) is 0 Å². The SMILES string of the molecule is COC(CNc1ccc(N2CCCC2)cc1)OC. The van der Waals surface area contributed by atoms with Gasteiger partial charge >= 0.3 is 0 Å². The van der Waals surface area contributed by atoms with Gasteiger partial charge in [-0.1, -0.05) is 0 Å². The molecule has 0 bridgehead atoms. The zero-order valence-electron chi connectivity index (χ0n) is 11.2. The summed E-state index contributed by atoms with van der Waals surface area (Å²) < 4.78 is 10.3. The molecule has 0 radical (unpaired) electrons. The summed E-state index contributed by atoms with van der Waals surface area (Å²) in [6, 6.07) is 8.55. The topological polar surface area (TPSA) is 33.7 Å². The highest BCUT2D eigenvalue weighted by Gasteiger charge is 2.11. The Kier molecular flexibility index (Phi) is 4.84. The molecule has 18 heavy (non-hydrogen) atoms. The summed E-state index contributed by atoms with van der Waals surface area (Å²) in [7, 11) is 3.29. The maximum absolute atomic E-state index is 5.13. The number of rotatable bonds is 6. The molecule has 1 aromatic carbocycles. The Labute approximate surface area is 109 Å². The van der Waals surface area contributed by atoms with Crippen molar-refractivity contribution >= 4 is 11.4 Å². The average Bonchev–Trinajstić information content (AvgIpc) is 2.94. The monoisotopic (exact) mass is 250 g/mol. The summed E-state index contributed by atoms with van der Waals surface area (Å²) >= 11 is 0. The van der Waals surface area contributed by atoms with E-state index in [-0.39, 0.29) is 6.29 Å². The molecule has 1 aliphatic rings. The molecule has 4 heteroatoms.